The Bertz CT molecular complexity index is 477. The molecule has 2 nitrogen and oxygen atoms in total. The molecule has 0 amide bonds. The number of ether oxygens (including phenoxy) is 2. The lowest BCUT2D eigenvalue weighted by Gasteiger charge is -2.09. The maximum absolute atomic E-state index is 5.58. The van der Waals surface area contributed by atoms with Gasteiger partial charge in [0.15, 0.2) is 0 Å². The van der Waals surface area contributed by atoms with Crippen molar-refractivity contribution < 1.29 is 9.47 Å². The molecule has 2 aromatic carbocycles. The predicted octanol–water partition coefficient (Wildman–Crippen LogP) is 3.64. The van der Waals surface area contributed by atoms with Gasteiger partial charge in [0, 0.05) is 5.39 Å². The Hall–Kier alpha value is -1.70. The Kier molecular flexibility index (Phi) is 3.30. The molecule has 0 spiro atoms. The van der Waals surface area contributed by atoms with E-state index in [-0.39, 0.29) is 0 Å². The van der Waals surface area contributed by atoms with E-state index < -0.39 is 0 Å². The Morgan fingerprint density at radius 1 is 0.938 bits per heavy atom. The van der Waals surface area contributed by atoms with E-state index in [9.17, 15) is 0 Å². The first-order chi connectivity index (χ1) is 7.85. The van der Waals surface area contributed by atoms with Crippen LogP contribution in [0.3, 0.4) is 0 Å². The van der Waals surface area contributed by atoms with Crippen LogP contribution in [-0.2, 0) is 0 Å². The lowest BCUT2D eigenvalue weighted by Crippen LogP contribution is -1.93. The summed E-state index contributed by atoms with van der Waals surface area (Å²) in [5.41, 5.74) is 0. The van der Waals surface area contributed by atoms with Gasteiger partial charge in [-0.25, -0.2) is 0 Å². The number of hydrogen-bond acceptors (Lipinski definition) is 2. The van der Waals surface area contributed by atoms with Crippen LogP contribution in [0.2, 0.25) is 0 Å². The third-order valence-electron chi connectivity index (χ3n) is 2.42. The molecule has 2 heteroatoms. The smallest absolute Gasteiger partial charge is 0.127 e. The molecule has 2 aromatic rings. The average Bonchev–Trinajstić information content (AvgIpc) is 2.30. The molecule has 0 aromatic heterocycles. The van der Waals surface area contributed by atoms with Gasteiger partial charge in [0.25, 0.3) is 0 Å². The summed E-state index contributed by atoms with van der Waals surface area (Å²) < 4.78 is 11.1. The van der Waals surface area contributed by atoms with Gasteiger partial charge in [0.2, 0.25) is 0 Å². The van der Waals surface area contributed by atoms with Crippen molar-refractivity contribution >= 4 is 10.8 Å². The van der Waals surface area contributed by atoms with E-state index in [0.29, 0.717) is 13.2 Å². The van der Waals surface area contributed by atoms with Gasteiger partial charge >= 0.3 is 0 Å². The zero-order valence-electron chi connectivity index (χ0n) is 9.69. The third kappa shape index (κ3) is 2.11. The zero-order chi connectivity index (χ0) is 11.4. The monoisotopic (exact) mass is 216 g/mol. The Balaban J connectivity index is 2.46. The van der Waals surface area contributed by atoms with E-state index in [0.717, 1.165) is 22.3 Å². The van der Waals surface area contributed by atoms with Crippen molar-refractivity contribution in [2.45, 2.75) is 13.8 Å². The van der Waals surface area contributed by atoms with Crippen LogP contribution in [0, 0.1) is 0 Å². The quantitative estimate of drug-likeness (QED) is 0.776. The molecule has 0 saturated heterocycles. The highest BCUT2D eigenvalue weighted by atomic mass is 16.5. The zero-order valence-corrected chi connectivity index (χ0v) is 9.69. The van der Waals surface area contributed by atoms with Crippen molar-refractivity contribution in [1.82, 2.24) is 0 Å². The van der Waals surface area contributed by atoms with Crippen LogP contribution in [0.5, 0.6) is 11.5 Å². The van der Waals surface area contributed by atoms with Gasteiger partial charge in [-0.05, 0) is 43.5 Å². The minimum Gasteiger partial charge on any atom is -0.494 e. The van der Waals surface area contributed by atoms with Crippen molar-refractivity contribution in [2.24, 2.45) is 0 Å². The molecule has 0 aliphatic carbocycles. The Morgan fingerprint density at radius 3 is 2.50 bits per heavy atom. The van der Waals surface area contributed by atoms with Crippen molar-refractivity contribution in [1.29, 1.82) is 0 Å². The topological polar surface area (TPSA) is 18.5 Å². The summed E-state index contributed by atoms with van der Waals surface area (Å²) >= 11 is 0. The maximum Gasteiger partial charge on any atom is 0.127 e. The molecule has 0 bridgehead atoms. The maximum atomic E-state index is 5.58. The van der Waals surface area contributed by atoms with E-state index in [2.05, 4.69) is 6.07 Å². The number of benzene rings is 2. The number of hydrogen-bond donors (Lipinski definition) is 0. The molecule has 84 valence electrons. The van der Waals surface area contributed by atoms with E-state index in [1.165, 1.54) is 0 Å². The fraction of sp³-hybridized carbons (Fsp3) is 0.286. The van der Waals surface area contributed by atoms with Gasteiger partial charge in [-0.1, -0.05) is 12.1 Å². The van der Waals surface area contributed by atoms with Crippen LogP contribution in [0.1, 0.15) is 13.8 Å². The first-order valence-corrected chi connectivity index (χ1v) is 5.63. The fourth-order valence-corrected chi connectivity index (χ4v) is 1.77. The molecule has 0 radical (unpaired) electrons. The predicted molar refractivity (Wildman–Crippen MR) is 66.3 cm³/mol. The summed E-state index contributed by atoms with van der Waals surface area (Å²) in [6.45, 7) is 5.36. The molecule has 0 atom stereocenters. The van der Waals surface area contributed by atoms with Gasteiger partial charge in [-0.15, -0.1) is 0 Å². The highest BCUT2D eigenvalue weighted by Gasteiger charge is 2.02. The van der Waals surface area contributed by atoms with Crippen LogP contribution in [0.15, 0.2) is 36.4 Å². The van der Waals surface area contributed by atoms with Gasteiger partial charge in [0.05, 0.1) is 13.2 Å². The molecule has 0 unspecified atom stereocenters. The fourth-order valence-electron chi connectivity index (χ4n) is 1.77. The average molecular weight is 216 g/mol. The highest BCUT2D eigenvalue weighted by molar-refractivity contribution is 5.89. The number of fused-ring (bicyclic) bond motifs is 1. The van der Waals surface area contributed by atoms with Crippen LogP contribution >= 0.6 is 0 Å². The van der Waals surface area contributed by atoms with Crippen LogP contribution < -0.4 is 9.47 Å². The highest BCUT2D eigenvalue weighted by Crippen LogP contribution is 2.28. The summed E-state index contributed by atoms with van der Waals surface area (Å²) in [7, 11) is 0. The standard InChI is InChI=1S/C14H16O2/c1-3-15-12-8-9-13-11(10-12)6-5-7-14(13)16-4-2/h5-10H,3-4H2,1-2H3. The summed E-state index contributed by atoms with van der Waals surface area (Å²) in [6, 6.07) is 12.1. The molecule has 0 saturated carbocycles. The van der Waals surface area contributed by atoms with E-state index in [1.54, 1.807) is 0 Å². The summed E-state index contributed by atoms with van der Waals surface area (Å²) in [4.78, 5) is 0. The van der Waals surface area contributed by atoms with Gasteiger partial charge in [-0.2, -0.15) is 0 Å². The summed E-state index contributed by atoms with van der Waals surface area (Å²) in [5.74, 6) is 1.84. The van der Waals surface area contributed by atoms with Crippen LogP contribution in [0.4, 0.5) is 0 Å². The molecule has 0 N–H and O–H groups in total. The molecule has 0 aliphatic heterocycles. The third-order valence-corrected chi connectivity index (χ3v) is 2.42. The summed E-state index contributed by atoms with van der Waals surface area (Å²) in [5, 5.41) is 2.28. The second-order valence-corrected chi connectivity index (χ2v) is 3.51. The van der Waals surface area contributed by atoms with Crippen molar-refractivity contribution in [3.8, 4) is 11.5 Å². The lowest BCUT2D eigenvalue weighted by molar-refractivity contribution is 0.340. The Labute approximate surface area is 95.8 Å². The largest absolute Gasteiger partial charge is 0.494 e. The van der Waals surface area contributed by atoms with Gasteiger partial charge in [0.1, 0.15) is 11.5 Å². The SMILES string of the molecule is CCOc1ccc2c(OCC)cccc2c1. The Morgan fingerprint density at radius 2 is 1.75 bits per heavy atom. The first kappa shape index (κ1) is 10.8. The van der Waals surface area contributed by atoms with Crippen molar-refractivity contribution in [3.63, 3.8) is 0 Å². The second kappa shape index (κ2) is 4.88. The summed E-state index contributed by atoms with van der Waals surface area (Å²) in [6.07, 6.45) is 0. The molecule has 0 aliphatic rings. The van der Waals surface area contributed by atoms with Gasteiger partial charge < -0.3 is 9.47 Å². The molecule has 16 heavy (non-hydrogen) atoms. The van der Waals surface area contributed by atoms with Crippen molar-refractivity contribution in [2.75, 3.05) is 13.2 Å². The van der Waals surface area contributed by atoms with Crippen LogP contribution in [0.25, 0.3) is 10.8 Å². The molecule has 2 rings (SSSR count). The van der Waals surface area contributed by atoms with Gasteiger partial charge in [-0.3, -0.25) is 0 Å². The molecular weight excluding hydrogens is 200 g/mol. The van der Waals surface area contributed by atoms with E-state index in [4.69, 9.17) is 9.47 Å². The van der Waals surface area contributed by atoms with Crippen LogP contribution in [-0.4, -0.2) is 13.2 Å². The van der Waals surface area contributed by atoms with Crippen molar-refractivity contribution in [3.05, 3.63) is 36.4 Å². The van der Waals surface area contributed by atoms with E-state index >= 15 is 0 Å². The molecule has 0 fully saturated rings. The normalized spacial score (nSPS) is 10.4. The minimum absolute atomic E-state index is 0.687. The first-order valence-electron chi connectivity index (χ1n) is 5.63. The molecular formula is C14H16O2. The number of rotatable bonds is 4. The lowest BCUT2D eigenvalue weighted by atomic mass is 10.1. The second-order valence-electron chi connectivity index (χ2n) is 3.51. The minimum atomic E-state index is 0.687. The molecule has 0 heterocycles. The van der Waals surface area contributed by atoms with E-state index in [1.807, 2.05) is 44.2 Å².